The molecule has 0 spiro atoms. The standard InChI is InChI=1S/C6H5NO2S/c8-7-9-5-1-3-6(10)4-2-5/h1-4,10H. The predicted molar refractivity (Wildman–Crippen MR) is 40.1 cm³/mol. The third-order valence-corrected chi connectivity index (χ3v) is 1.28. The third-order valence-electron chi connectivity index (χ3n) is 0.979. The zero-order valence-corrected chi connectivity index (χ0v) is 5.91. The van der Waals surface area contributed by atoms with E-state index in [9.17, 15) is 4.91 Å². The summed E-state index contributed by atoms with van der Waals surface area (Å²) in [6.45, 7) is 0. The second-order valence-corrected chi connectivity index (χ2v) is 2.18. The van der Waals surface area contributed by atoms with Gasteiger partial charge in [-0.25, -0.2) is 0 Å². The van der Waals surface area contributed by atoms with Gasteiger partial charge in [-0.15, -0.1) is 17.5 Å². The van der Waals surface area contributed by atoms with E-state index in [-0.39, 0.29) is 0 Å². The Morgan fingerprint density at radius 2 is 1.90 bits per heavy atom. The Labute approximate surface area is 63.3 Å². The van der Waals surface area contributed by atoms with Gasteiger partial charge in [-0.05, 0) is 24.3 Å². The average Bonchev–Trinajstić information content (AvgIpc) is 1.95. The number of benzene rings is 1. The molecule has 0 aromatic heterocycles. The fourth-order valence-electron chi connectivity index (χ4n) is 0.550. The van der Waals surface area contributed by atoms with Crippen LogP contribution < -0.4 is 4.84 Å². The molecule has 1 aromatic carbocycles. The van der Waals surface area contributed by atoms with Crippen LogP contribution >= 0.6 is 12.6 Å². The maximum Gasteiger partial charge on any atom is 0.161 e. The van der Waals surface area contributed by atoms with Gasteiger partial charge in [-0.3, -0.25) is 0 Å². The van der Waals surface area contributed by atoms with E-state index >= 15 is 0 Å². The third kappa shape index (κ3) is 1.73. The van der Waals surface area contributed by atoms with Crippen LogP contribution in [-0.2, 0) is 0 Å². The van der Waals surface area contributed by atoms with E-state index in [1.807, 2.05) is 0 Å². The van der Waals surface area contributed by atoms with Crippen LogP contribution in [0.3, 0.4) is 0 Å². The highest BCUT2D eigenvalue weighted by Crippen LogP contribution is 2.13. The van der Waals surface area contributed by atoms with Gasteiger partial charge in [0, 0.05) is 4.90 Å². The van der Waals surface area contributed by atoms with Gasteiger partial charge >= 0.3 is 0 Å². The molecule has 0 aliphatic rings. The Balaban J connectivity index is 2.78. The van der Waals surface area contributed by atoms with Crippen LogP contribution in [0.2, 0.25) is 0 Å². The number of nitrogens with zero attached hydrogens (tertiary/aromatic N) is 1. The minimum Gasteiger partial charge on any atom is -0.324 e. The lowest BCUT2D eigenvalue weighted by molar-refractivity contribution is 0.334. The van der Waals surface area contributed by atoms with Crippen molar-refractivity contribution in [1.82, 2.24) is 0 Å². The number of hydrogen-bond donors (Lipinski definition) is 1. The summed E-state index contributed by atoms with van der Waals surface area (Å²) in [6, 6.07) is 6.65. The summed E-state index contributed by atoms with van der Waals surface area (Å²) in [6.07, 6.45) is 0. The first-order valence-corrected chi connectivity index (χ1v) is 3.06. The lowest BCUT2D eigenvalue weighted by atomic mass is 10.3. The van der Waals surface area contributed by atoms with Gasteiger partial charge in [0.1, 0.15) is 0 Å². The quantitative estimate of drug-likeness (QED) is 0.403. The highest BCUT2D eigenvalue weighted by atomic mass is 32.1. The van der Waals surface area contributed by atoms with Crippen LogP contribution in [0, 0.1) is 4.91 Å². The monoisotopic (exact) mass is 155 g/mol. The fourth-order valence-corrected chi connectivity index (χ4v) is 0.699. The van der Waals surface area contributed by atoms with E-state index in [4.69, 9.17) is 0 Å². The SMILES string of the molecule is O=NOc1ccc(S)cc1. The predicted octanol–water partition coefficient (Wildman–Crippen LogP) is 2.04. The first-order chi connectivity index (χ1) is 4.83. The highest BCUT2D eigenvalue weighted by Gasteiger charge is 1.90. The molecule has 0 amide bonds. The first kappa shape index (κ1) is 7.08. The normalized spacial score (nSPS) is 8.90. The smallest absolute Gasteiger partial charge is 0.161 e. The van der Waals surface area contributed by atoms with Crippen LogP contribution in [0.25, 0.3) is 0 Å². The van der Waals surface area contributed by atoms with Gasteiger partial charge in [-0.1, -0.05) is 0 Å². The van der Waals surface area contributed by atoms with E-state index in [0.29, 0.717) is 5.75 Å². The Morgan fingerprint density at radius 3 is 2.40 bits per heavy atom. The number of thiol groups is 1. The van der Waals surface area contributed by atoms with Crippen LogP contribution in [0.4, 0.5) is 0 Å². The van der Waals surface area contributed by atoms with Gasteiger partial charge in [0.05, 0.1) is 0 Å². The fraction of sp³-hybridized carbons (Fsp3) is 0. The summed E-state index contributed by atoms with van der Waals surface area (Å²) in [5.74, 6) is 0.424. The van der Waals surface area contributed by atoms with E-state index in [1.54, 1.807) is 24.3 Å². The zero-order valence-electron chi connectivity index (χ0n) is 5.02. The molecule has 0 radical (unpaired) electrons. The Morgan fingerprint density at radius 1 is 1.30 bits per heavy atom. The van der Waals surface area contributed by atoms with Crippen molar-refractivity contribution in [2.75, 3.05) is 0 Å². The summed E-state index contributed by atoms with van der Waals surface area (Å²) in [7, 11) is 0. The first-order valence-electron chi connectivity index (χ1n) is 2.61. The second-order valence-electron chi connectivity index (χ2n) is 1.66. The Hall–Kier alpha value is -1.03. The van der Waals surface area contributed by atoms with Gasteiger partial charge in [0.15, 0.2) is 11.1 Å². The van der Waals surface area contributed by atoms with Crippen molar-refractivity contribution in [1.29, 1.82) is 0 Å². The topological polar surface area (TPSA) is 38.7 Å². The molecule has 0 saturated heterocycles. The molecule has 0 N–H and O–H groups in total. The van der Waals surface area contributed by atoms with Crippen LogP contribution in [0.15, 0.2) is 34.5 Å². The van der Waals surface area contributed by atoms with Gasteiger partial charge in [-0.2, -0.15) is 0 Å². The molecule has 1 rings (SSSR count). The lowest BCUT2D eigenvalue weighted by Crippen LogP contribution is -1.78. The summed E-state index contributed by atoms with van der Waals surface area (Å²) in [5, 5.41) is 2.26. The van der Waals surface area contributed by atoms with Crippen molar-refractivity contribution in [2.45, 2.75) is 4.90 Å². The highest BCUT2D eigenvalue weighted by molar-refractivity contribution is 7.80. The maximum absolute atomic E-state index is 9.57. The molecule has 0 unspecified atom stereocenters. The molecule has 0 atom stereocenters. The van der Waals surface area contributed by atoms with Gasteiger partial charge in [0.25, 0.3) is 0 Å². The van der Waals surface area contributed by atoms with Gasteiger partial charge in [0.2, 0.25) is 0 Å². The molecule has 0 bridgehead atoms. The molecule has 0 aliphatic carbocycles. The van der Waals surface area contributed by atoms with Crippen molar-refractivity contribution in [3.05, 3.63) is 29.2 Å². The molecular formula is C6H5NO2S. The summed E-state index contributed by atoms with van der Waals surface area (Å²) in [5.41, 5.74) is 0. The molecule has 0 saturated carbocycles. The van der Waals surface area contributed by atoms with E-state index in [2.05, 4.69) is 22.8 Å². The molecule has 1 aromatic rings. The maximum atomic E-state index is 9.57. The molecule has 3 nitrogen and oxygen atoms in total. The van der Waals surface area contributed by atoms with Crippen LogP contribution in [0.5, 0.6) is 5.75 Å². The molecule has 0 aliphatic heterocycles. The minimum atomic E-state index is 0.424. The summed E-state index contributed by atoms with van der Waals surface area (Å²) >= 11 is 4.04. The molecule has 52 valence electrons. The molecule has 0 fully saturated rings. The molecule has 4 heteroatoms. The van der Waals surface area contributed by atoms with E-state index in [0.717, 1.165) is 4.90 Å². The number of hydrogen-bond acceptors (Lipinski definition) is 4. The minimum absolute atomic E-state index is 0.424. The summed E-state index contributed by atoms with van der Waals surface area (Å²) in [4.78, 5) is 14.7. The molecule has 0 heterocycles. The van der Waals surface area contributed by atoms with Crippen molar-refractivity contribution < 1.29 is 4.84 Å². The van der Waals surface area contributed by atoms with Gasteiger partial charge < -0.3 is 4.84 Å². The van der Waals surface area contributed by atoms with Crippen molar-refractivity contribution in [2.24, 2.45) is 5.34 Å². The largest absolute Gasteiger partial charge is 0.324 e. The van der Waals surface area contributed by atoms with Crippen molar-refractivity contribution in [3.8, 4) is 5.75 Å². The lowest BCUT2D eigenvalue weighted by Gasteiger charge is -1.92. The summed E-state index contributed by atoms with van der Waals surface area (Å²) < 4.78 is 0. The van der Waals surface area contributed by atoms with E-state index in [1.165, 1.54) is 0 Å². The number of rotatable bonds is 2. The van der Waals surface area contributed by atoms with Crippen LogP contribution in [-0.4, -0.2) is 0 Å². The zero-order chi connectivity index (χ0) is 7.40. The van der Waals surface area contributed by atoms with Crippen molar-refractivity contribution >= 4 is 12.6 Å². The average molecular weight is 155 g/mol. The van der Waals surface area contributed by atoms with Crippen molar-refractivity contribution in [3.63, 3.8) is 0 Å². The second kappa shape index (κ2) is 3.22. The Kier molecular flexibility index (Phi) is 2.28. The van der Waals surface area contributed by atoms with Crippen LogP contribution in [0.1, 0.15) is 0 Å². The molecule has 10 heavy (non-hydrogen) atoms. The van der Waals surface area contributed by atoms with E-state index < -0.39 is 0 Å². The molecular weight excluding hydrogens is 150 g/mol. The Bertz CT molecular complexity index is 222.